The highest BCUT2D eigenvalue weighted by molar-refractivity contribution is 5.77. The molecule has 3 amide bonds. The van der Waals surface area contributed by atoms with Gasteiger partial charge >= 0.3 is 6.03 Å². The number of hydrogen-bond acceptors (Lipinski definition) is 3. The fraction of sp³-hybridized carbons (Fsp3) is 0.882. The van der Waals surface area contributed by atoms with Crippen LogP contribution in [0.4, 0.5) is 4.79 Å². The highest BCUT2D eigenvalue weighted by Crippen LogP contribution is 2.49. The van der Waals surface area contributed by atoms with Gasteiger partial charge in [0.2, 0.25) is 5.91 Å². The summed E-state index contributed by atoms with van der Waals surface area (Å²) in [7, 11) is 3.51. The third-order valence-corrected chi connectivity index (χ3v) is 6.03. The molecule has 1 heterocycles. The zero-order valence-corrected chi connectivity index (χ0v) is 14.3. The van der Waals surface area contributed by atoms with Gasteiger partial charge in [0.25, 0.3) is 0 Å². The monoisotopic (exact) mass is 323 g/mol. The molecule has 2 N–H and O–H groups in total. The van der Waals surface area contributed by atoms with Crippen molar-refractivity contribution in [1.29, 1.82) is 0 Å². The number of likely N-dealkylation sites (tertiary alicyclic amines) is 1. The van der Waals surface area contributed by atoms with Crippen molar-refractivity contribution in [3.63, 3.8) is 0 Å². The second-order valence-corrected chi connectivity index (χ2v) is 8.08. The van der Waals surface area contributed by atoms with E-state index in [4.69, 9.17) is 0 Å². The molecule has 6 nitrogen and oxygen atoms in total. The van der Waals surface area contributed by atoms with Gasteiger partial charge in [-0.15, -0.1) is 0 Å². The average Bonchev–Trinajstić information content (AvgIpc) is 2.44. The van der Waals surface area contributed by atoms with E-state index in [1.807, 2.05) is 4.90 Å². The third-order valence-electron chi connectivity index (χ3n) is 6.03. The molecule has 3 rings (SSSR count). The lowest BCUT2D eigenvalue weighted by atomic mass is 9.60. The lowest BCUT2D eigenvalue weighted by molar-refractivity contribution is -0.143. The highest BCUT2D eigenvalue weighted by Gasteiger charge is 2.47. The van der Waals surface area contributed by atoms with Gasteiger partial charge in [-0.1, -0.05) is 0 Å². The molecule has 0 bridgehead atoms. The van der Waals surface area contributed by atoms with Crippen molar-refractivity contribution in [2.24, 2.45) is 5.41 Å². The van der Waals surface area contributed by atoms with Gasteiger partial charge in [-0.2, -0.15) is 0 Å². The van der Waals surface area contributed by atoms with Crippen LogP contribution in [0.1, 0.15) is 51.4 Å². The van der Waals surface area contributed by atoms with Crippen LogP contribution in [0.15, 0.2) is 0 Å². The quantitative estimate of drug-likeness (QED) is 0.823. The number of hydrogen-bond donors (Lipinski definition) is 2. The summed E-state index contributed by atoms with van der Waals surface area (Å²) in [5.74, 6) is 0.110. The Bertz CT molecular complexity index is 471. The van der Waals surface area contributed by atoms with Crippen LogP contribution in [0.25, 0.3) is 0 Å². The number of amides is 3. The van der Waals surface area contributed by atoms with E-state index in [0.717, 1.165) is 58.0 Å². The van der Waals surface area contributed by atoms with Gasteiger partial charge in [-0.25, -0.2) is 4.79 Å². The molecule has 1 spiro atoms. The van der Waals surface area contributed by atoms with E-state index in [1.54, 1.807) is 19.0 Å². The number of piperidine rings is 1. The Morgan fingerprint density at radius 2 is 1.78 bits per heavy atom. The van der Waals surface area contributed by atoms with Crippen molar-refractivity contribution in [2.45, 2.75) is 63.0 Å². The van der Waals surface area contributed by atoms with E-state index < -0.39 is 5.60 Å². The first-order valence-corrected chi connectivity index (χ1v) is 8.79. The van der Waals surface area contributed by atoms with Gasteiger partial charge in [0.05, 0.1) is 12.0 Å². The molecular formula is C17H29N3O3. The minimum Gasteiger partial charge on any atom is -0.389 e. The fourth-order valence-corrected chi connectivity index (χ4v) is 4.19. The summed E-state index contributed by atoms with van der Waals surface area (Å²) in [6.07, 6.45) is 6.95. The molecule has 0 aromatic heterocycles. The summed E-state index contributed by atoms with van der Waals surface area (Å²) in [6, 6.07) is 0.258. The maximum absolute atomic E-state index is 12.3. The van der Waals surface area contributed by atoms with Crippen LogP contribution in [0.5, 0.6) is 0 Å². The first-order chi connectivity index (χ1) is 10.8. The number of nitrogens with one attached hydrogen (secondary N) is 1. The van der Waals surface area contributed by atoms with E-state index in [-0.39, 0.29) is 18.0 Å². The summed E-state index contributed by atoms with van der Waals surface area (Å²) in [5, 5.41) is 13.2. The molecule has 0 aromatic rings. The number of nitrogens with zero attached hydrogens (tertiary/aromatic N) is 2. The molecular weight excluding hydrogens is 294 g/mol. The van der Waals surface area contributed by atoms with Crippen molar-refractivity contribution < 1.29 is 14.7 Å². The number of carbonyl (C=O) groups excluding carboxylic acids is 2. The van der Waals surface area contributed by atoms with Crippen LogP contribution in [-0.2, 0) is 4.79 Å². The standard InChI is InChI=1S/C17H29N3O3/c1-19(2)15(22)18-13-10-16(11-13)6-8-20(9-7-16)14(21)12-17(23)4-3-5-17/h13,23H,3-12H2,1-2H3,(H,18,22). The SMILES string of the molecule is CN(C)C(=O)NC1CC2(CCN(C(=O)CC3(O)CCC3)CC2)C1. The highest BCUT2D eigenvalue weighted by atomic mass is 16.3. The normalized spacial score (nSPS) is 25.4. The lowest BCUT2D eigenvalue weighted by Crippen LogP contribution is -2.57. The third kappa shape index (κ3) is 3.47. The van der Waals surface area contributed by atoms with E-state index >= 15 is 0 Å². The molecule has 3 fully saturated rings. The molecule has 6 heteroatoms. The van der Waals surface area contributed by atoms with E-state index in [9.17, 15) is 14.7 Å². The van der Waals surface area contributed by atoms with E-state index in [2.05, 4.69) is 5.32 Å². The lowest BCUT2D eigenvalue weighted by Gasteiger charge is -2.52. The Morgan fingerprint density at radius 1 is 1.17 bits per heavy atom. The number of aliphatic hydroxyl groups is 1. The van der Waals surface area contributed by atoms with Crippen LogP contribution < -0.4 is 5.32 Å². The molecule has 1 aliphatic heterocycles. The second kappa shape index (κ2) is 5.96. The fourth-order valence-electron chi connectivity index (χ4n) is 4.19. The molecule has 0 aromatic carbocycles. The minimum absolute atomic E-state index is 0.0220. The summed E-state index contributed by atoms with van der Waals surface area (Å²) in [4.78, 5) is 27.5. The molecule has 2 aliphatic carbocycles. The smallest absolute Gasteiger partial charge is 0.317 e. The molecule has 0 radical (unpaired) electrons. The summed E-state index contributed by atoms with van der Waals surface area (Å²) in [6.45, 7) is 1.59. The summed E-state index contributed by atoms with van der Waals surface area (Å²) < 4.78 is 0. The van der Waals surface area contributed by atoms with Gasteiger partial charge in [0.1, 0.15) is 0 Å². The van der Waals surface area contributed by atoms with Crippen LogP contribution >= 0.6 is 0 Å². The molecule has 0 unspecified atom stereocenters. The van der Waals surface area contributed by atoms with Crippen LogP contribution in [-0.4, -0.2) is 65.7 Å². The predicted molar refractivity (Wildman–Crippen MR) is 86.9 cm³/mol. The van der Waals surface area contributed by atoms with Crippen molar-refractivity contribution >= 4 is 11.9 Å². The maximum atomic E-state index is 12.3. The number of rotatable bonds is 3. The Balaban J connectivity index is 1.41. The van der Waals surface area contributed by atoms with Crippen LogP contribution in [0.2, 0.25) is 0 Å². The van der Waals surface area contributed by atoms with Gasteiger partial charge in [-0.3, -0.25) is 4.79 Å². The Morgan fingerprint density at radius 3 is 2.26 bits per heavy atom. The van der Waals surface area contributed by atoms with Crippen LogP contribution in [0.3, 0.4) is 0 Å². The van der Waals surface area contributed by atoms with Gasteiger partial charge in [0, 0.05) is 33.2 Å². The first-order valence-electron chi connectivity index (χ1n) is 8.79. The Kier molecular flexibility index (Phi) is 4.29. The number of urea groups is 1. The first kappa shape index (κ1) is 16.6. The molecule has 0 atom stereocenters. The Hall–Kier alpha value is -1.30. The van der Waals surface area contributed by atoms with Crippen molar-refractivity contribution in [3.8, 4) is 0 Å². The van der Waals surface area contributed by atoms with Gasteiger partial charge in [0.15, 0.2) is 0 Å². The summed E-state index contributed by atoms with van der Waals surface area (Å²) in [5.41, 5.74) is -0.404. The van der Waals surface area contributed by atoms with Gasteiger partial charge in [-0.05, 0) is 50.4 Å². The summed E-state index contributed by atoms with van der Waals surface area (Å²) >= 11 is 0. The molecule has 2 saturated carbocycles. The average molecular weight is 323 g/mol. The zero-order chi connectivity index (χ0) is 16.7. The predicted octanol–water partition coefficient (Wildman–Crippen LogP) is 1.33. The van der Waals surface area contributed by atoms with Crippen molar-refractivity contribution in [2.75, 3.05) is 27.2 Å². The second-order valence-electron chi connectivity index (χ2n) is 8.08. The van der Waals surface area contributed by atoms with E-state index in [1.165, 1.54) is 0 Å². The number of carbonyl (C=O) groups is 2. The molecule has 130 valence electrons. The zero-order valence-electron chi connectivity index (χ0n) is 14.3. The minimum atomic E-state index is -0.718. The van der Waals surface area contributed by atoms with E-state index in [0.29, 0.717) is 11.8 Å². The largest absolute Gasteiger partial charge is 0.389 e. The van der Waals surface area contributed by atoms with Crippen LogP contribution in [0, 0.1) is 5.41 Å². The molecule has 3 aliphatic rings. The van der Waals surface area contributed by atoms with Crippen molar-refractivity contribution in [3.05, 3.63) is 0 Å². The molecule has 1 saturated heterocycles. The topological polar surface area (TPSA) is 72.9 Å². The maximum Gasteiger partial charge on any atom is 0.317 e. The van der Waals surface area contributed by atoms with Crippen molar-refractivity contribution in [1.82, 2.24) is 15.1 Å². The molecule has 23 heavy (non-hydrogen) atoms. The Labute approximate surface area is 138 Å². The van der Waals surface area contributed by atoms with Gasteiger partial charge < -0.3 is 20.2 Å².